The Bertz CT molecular complexity index is 1310. The van der Waals surface area contributed by atoms with E-state index in [0.717, 1.165) is 12.1 Å². The summed E-state index contributed by atoms with van der Waals surface area (Å²) >= 11 is 0. The minimum Gasteiger partial charge on any atom is -0.508 e. The number of nitrogen functional groups attached to an aromatic ring is 1. The number of phenolic OH excluding ortho intramolecular Hbond substituents is 1. The lowest BCUT2D eigenvalue weighted by atomic mass is 10.2. The van der Waals surface area contributed by atoms with Crippen molar-refractivity contribution in [2.24, 2.45) is 0 Å². The van der Waals surface area contributed by atoms with Crippen molar-refractivity contribution in [2.75, 3.05) is 5.73 Å². The fourth-order valence-corrected chi connectivity index (χ4v) is 2.35. The van der Waals surface area contributed by atoms with E-state index < -0.39 is 29.6 Å². The molecule has 3 rings (SSSR count). The fourth-order valence-electron chi connectivity index (χ4n) is 2.35. The number of hydrogen-bond donors (Lipinski definition) is 7. The molecule has 8 N–H and O–H groups in total. The minimum atomic E-state index is -1.27. The number of nitrogens with zero attached hydrogens (tertiary/aromatic N) is 1. The van der Waals surface area contributed by atoms with Gasteiger partial charge in [0.15, 0.2) is 0 Å². The van der Waals surface area contributed by atoms with Crippen molar-refractivity contribution in [3.63, 3.8) is 0 Å². The number of carboxylic acid groups (broad SMARTS) is 3. The Hall–Kier alpha value is -5.46. The zero-order valence-electron chi connectivity index (χ0n) is 19.1. The molecule has 0 spiro atoms. The van der Waals surface area contributed by atoms with Crippen LogP contribution in [0.15, 0.2) is 66.6 Å². The van der Waals surface area contributed by atoms with Crippen LogP contribution < -0.4 is 11.1 Å². The largest absolute Gasteiger partial charge is 0.508 e. The van der Waals surface area contributed by atoms with Gasteiger partial charge in [-0.2, -0.15) is 0 Å². The number of amides is 1. The van der Waals surface area contributed by atoms with E-state index in [1.54, 1.807) is 0 Å². The number of phenols is 2. The second-order valence-corrected chi connectivity index (χ2v) is 6.87. The van der Waals surface area contributed by atoms with Crippen LogP contribution in [0.25, 0.3) is 6.08 Å². The maximum absolute atomic E-state index is 12.6. The van der Waals surface area contributed by atoms with Crippen molar-refractivity contribution >= 4 is 35.6 Å². The summed E-state index contributed by atoms with van der Waals surface area (Å²) in [7, 11) is 0. The highest BCUT2D eigenvalue weighted by Crippen LogP contribution is 2.21. The van der Waals surface area contributed by atoms with Crippen LogP contribution in [0.4, 0.5) is 10.1 Å². The number of carboxylic acids is 3. The molecule has 0 aliphatic carbocycles. The van der Waals surface area contributed by atoms with Gasteiger partial charge in [0.1, 0.15) is 34.1 Å². The summed E-state index contributed by atoms with van der Waals surface area (Å²) in [6, 6.07) is 10.0. The van der Waals surface area contributed by atoms with E-state index in [1.807, 2.05) is 0 Å². The van der Waals surface area contributed by atoms with Crippen LogP contribution in [0.5, 0.6) is 11.5 Å². The lowest BCUT2D eigenvalue weighted by Gasteiger charge is -2.02. The van der Waals surface area contributed by atoms with Crippen LogP contribution in [0.3, 0.4) is 0 Å². The Morgan fingerprint density at radius 2 is 1.51 bits per heavy atom. The highest BCUT2D eigenvalue weighted by atomic mass is 19.1. The molecule has 0 saturated carbocycles. The number of aromatic nitrogens is 1. The maximum Gasteiger partial charge on any atom is 0.352 e. The molecule has 0 aliphatic heterocycles. The molecule has 0 saturated heterocycles. The standard InChI is InChI=1S/C11H10FNO3.C7H6O4.C6H6N2O2/c1-7(14)13-10(11(15)16)6-8-2-4-9(12)5-3-8;8-4-1-2-6(9)5(3-4)7(10)11;7-5-1-2-8-3-4(5)6(9)10/h2-6H,1H3,(H,13,14)(H,15,16);1-3,8-9H,(H,10,11);1-3H,(H2,7,8)(H,9,10). The Morgan fingerprint density at radius 3 is 1.95 bits per heavy atom. The van der Waals surface area contributed by atoms with Crippen LogP contribution in [0.1, 0.15) is 33.2 Å². The molecule has 0 radical (unpaired) electrons. The summed E-state index contributed by atoms with van der Waals surface area (Å²) in [6.07, 6.45) is 3.92. The lowest BCUT2D eigenvalue weighted by molar-refractivity contribution is -0.134. The molecule has 1 amide bonds. The van der Waals surface area contributed by atoms with Crippen molar-refractivity contribution in [1.29, 1.82) is 0 Å². The van der Waals surface area contributed by atoms with Gasteiger partial charge in [0.05, 0.1) is 0 Å². The number of benzene rings is 2. The van der Waals surface area contributed by atoms with Crippen LogP contribution in [0, 0.1) is 5.82 Å². The van der Waals surface area contributed by atoms with Gasteiger partial charge in [0.25, 0.3) is 0 Å². The molecule has 194 valence electrons. The normalized spacial score (nSPS) is 10.1. The molecule has 0 atom stereocenters. The van der Waals surface area contributed by atoms with Crippen molar-refractivity contribution in [3.05, 3.63) is 89.1 Å². The quantitative estimate of drug-likeness (QED) is 0.193. The van der Waals surface area contributed by atoms with Gasteiger partial charge in [-0.05, 0) is 48.0 Å². The van der Waals surface area contributed by atoms with Gasteiger partial charge in [-0.3, -0.25) is 9.78 Å². The molecule has 0 unspecified atom stereocenters. The molecule has 0 fully saturated rings. The third kappa shape index (κ3) is 10.6. The van der Waals surface area contributed by atoms with E-state index in [1.165, 1.54) is 61.8 Å². The third-order valence-corrected chi connectivity index (χ3v) is 4.02. The monoisotopic (exact) mass is 515 g/mol. The average Bonchev–Trinajstić information content (AvgIpc) is 2.82. The smallest absolute Gasteiger partial charge is 0.352 e. The molecule has 37 heavy (non-hydrogen) atoms. The van der Waals surface area contributed by atoms with Gasteiger partial charge >= 0.3 is 17.9 Å². The number of rotatable bonds is 5. The molecule has 0 aliphatic rings. The SMILES string of the molecule is CC(=O)NC(=Cc1ccc(F)cc1)C(=O)O.Nc1ccncc1C(=O)O.O=C(O)c1cc(O)ccc1O. The van der Waals surface area contributed by atoms with Crippen LogP contribution in [-0.2, 0) is 9.59 Å². The zero-order valence-corrected chi connectivity index (χ0v) is 19.1. The van der Waals surface area contributed by atoms with E-state index in [2.05, 4.69) is 10.3 Å². The molecule has 1 aromatic heterocycles. The summed E-state index contributed by atoms with van der Waals surface area (Å²) in [5.74, 6) is -4.98. The van der Waals surface area contributed by atoms with E-state index >= 15 is 0 Å². The number of carbonyl (C=O) groups excluding carboxylic acids is 1. The Morgan fingerprint density at radius 1 is 0.919 bits per heavy atom. The number of aromatic carboxylic acids is 2. The second kappa shape index (κ2) is 14.1. The first kappa shape index (κ1) is 29.6. The number of carbonyl (C=O) groups is 4. The van der Waals surface area contributed by atoms with Gasteiger partial charge in [-0.1, -0.05) is 12.1 Å². The predicted octanol–water partition coefficient (Wildman–Crippen LogP) is 2.55. The average molecular weight is 515 g/mol. The minimum absolute atomic E-state index is 0.0440. The first-order valence-electron chi connectivity index (χ1n) is 9.98. The first-order valence-corrected chi connectivity index (χ1v) is 9.98. The summed E-state index contributed by atoms with van der Waals surface area (Å²) in [5, 5.41) is 45.5. The summed E-state index contributed by atoms with van der Waals surface area (Å²) < 4.78 is 12.6. The van der Waals surface area contributed by atoms with E-state index in [4.69, 9.17) is 31.3 Å². The molecule has 1 heterocycles. The maximum atomic E-state index is 12.6. The van der Waals surface area contributed by atoms with Crippen LogP contribution in [0.2, 0.25) is 0 Å². The Kier molecular flexibility index (Phi) is 11.2. The number of aliphatic carboxylic acids is 1. The van der Waals surface area contributed by atoms with E-state index in [9.17, 15) is 23.6 Å². The van der Waals surface area contributed by atoms with Gasteiger partial charge in [0.2, 0.25) is 5.91 Å². The molecular formula is C24H22FN3O9. The van der Waals surface area contributed by atoms with Gasteiger partial charge < -0.3 is 36.6 Å². The molecule has 3 aromatic rings. The Balaban J connectivity index is 0.000000288. The van der Waals surface area contributed by atoms with Gasteiger partial charge in [-0.15, -0.1) is 0 Å². The van der Waals surface area contributed by atoms with Gasteiger partial charge in [-0.25, -0.2) is 18.8 Å². The highest BCUT2D eigenvalue weighted by molar-refractivity contribution is 5.96. The third-order valence-electron chi connectivity index (χ3n) is 4.02. The predicted molar refractivity (Wildman–Crippen MR) is 128 cm³/mol. The van der Waals surface area contributed by atoms with Crippen molar-refractivity contribution in [1.82, 2.24) is 10.3 Å². The number of hydrogen-bond acceptors (Lipinski definition) is 8. The number of anilines is 1. The fraction of sp³-hybridized carbons (Fsp3) is 0.0417. The zero-order chi connectivity index (χ0) is 28.1. The second-order valence-electron chi connectivity index (χ2n) is 6.87. The van der Waals surface area contributed by atoms with Crippen molar-refractivity contribution in [3.8, 4) is 11.5 Å². The summed E-state index contributed by atoms with van der Waals surface area (Å²) in [6.45, 7) is 1.21. The molecule has 12 nitrogen and oxygen atoms in total. The molecule has 13 heteroatoms. The topological polar surface area (TPSA) is 220 Å². The summed E-state index contributed by atoms with van der Waals surface area (Å²) in [4.78, 5) is 45.7. The number of aromatic hydroxyl groups is 2. The van der Waals surface area contributed by atoms with Crippen molar-refractivity contribution < 1.29 is 49.1 Å². The van der Waals surface area contributed by atoms with E-state index in [0.29, 0.717) is 5.56 Å². The first-order chi connectivity index (χ1) is 17.3. The molecule has 0 bridgehead atoms. The van der Waals surface area contributed by atoms with E-state index in [-0.39, 0.29) is 34.0 Å². The highest BCUT2D eigenvalue weighted by Gasteiger charge is 2.09. The Labute approximate surface area is 208 Å². The number of halogens is 1. The lowest BCUT2D eigenvalue weighted by Crippen LogP contribution is -2.24. The molecule has 2 aromatic carbocycles. The van der Waals surface area contributed by atoms with Gasteiger partial charge in [0, 0.05) is 25.0 Å². The number of nitrogens with one attached hydrogen (secondary N) is 1. The van der Waals surface area contributed by atoms with Crippen LogP contribution >= 0.6 is 0 Å². The summed E-state index contributed by atoms with van der Waals surface area (Å²) in [5.41, 5.74) is 5.52. The number of pyridine rings is 1. The molecular weight excluding hydrogens is 493 g/mol. The van der Waals surface area contributed by atoms with Crippen LogP contribution in [-0.4, -0.2) is 54.3 Å². The number of nitrogens with two attached hydrogens (primary N) is 1. The van der Waals surface area contributed by atoms with Crippen molar-refractivity contribution in [2.45, 2.75) is 6.92 Å².